The number of anilines is 1. The molecule has 3 nitrogen and oxygen atoms in total. The summed E-state index contributed by atoms with van der Waals surface area (Å²) in [6, 6.07) is 9.32. The highest BCUT2D eigenvalue weighted by molar-refractivity contribution is 6.05. The maximum atomic E-state index is 11.7. The van der Waals surface area contributed by atoms with E-state index < -0.39 is 0 Å². The molecule has 1 aliphatic heterocycles. The van der Waals surface area contributed by atoms with Crippen LogP contribution in [0.15, 0.2) is 54.3 Å². The van der Waals surface area contributed by atoms with Gasteiger partial charge in [0.15, 0.2) is 0 Å². The van der Waals surface area contributed by atoms with Crippen LogP contribution in [0.25, 0.3) is 0 Å². The largest absolute Gasteiger partial charge is 0.496 e. The Morgan fingerprint density at radius 2 is 2.07 bits per heavy atom. The Hall–Kier alpha value is -2.03. The van der Waals surface area contributed by atoms with Gasteiger partial charge in [0.05, 0.1) is 11.8 Å². The topological polar surface area (TPSA) is 38.3 Å². The Labute approximate surface area is 88.1 Å². The highest BCUT2D eigenvalue weighted by Crippen LogP contribution is 2.10. The monoisotopic (exact) mass is 201 g/mol. The highest BCUT2D eigenvalue weighted by atomic mass is 16.5. The molecule has 1 amide bonds. The van der Waals surface area contributed by atoms with E-state index in [1.165, 1.54) is 6.26 Å². The summed E-state index contributed by atoms with van der Waals surface area (Å²) in [6.07, 6.45) is 5.03. The summed E-state index contributed by atoms with van der Waals surface area (Å²) in [6.45, 7) is 0.530. The van der Waals surface area contributed by atoms with Crippen molar-refractivity contribution in [2.24, 2.45) is 0 Å². The second-order valence-corrected chi connectivity index (χ2v) is 3.13. The molecule has 0 aliphatic carbocycles. The highest BCUT2D eigenvalue weighted by Gasteiger charge is 2.08. The molecule has 1 heterocycles. The first kappa shape index (κ1) is 9.52. The molecule has 0 spiro atoms. The molecule has 0 saturated heterocycles. The molecule has 2 rings (SSSR count). The Morgan fingerprint density at radius 1 is 1.27 bits per heavy atom. The molecule has 1 aliphatic rings. The Bertz CT molecular complexity index is 407. The summed E-state index contributed by atoms with van der Waals surface area (Å²) in [4.78, 5) is 11.7. The van der Waals surface area contributed by atoms with Gasteiger partial charge in [-0.3, -0.25) is 4.79 Å². The van der Waals surface area contributed by atoms with Crippen LogP contribution in [0.2, 0.25) is 0 Å². The van der Waals surface area contributed by atoms with Crippen LogP contribution in [0.1, 0.15) is 0 Å². The van der Waals surface area contributed by atoms with Crippen molar-refractivity contribution in [2.75, 3.05) is 11.9 Å². The van der Waals surface area contributed by atoms with Crippen molar-refractivity contribution in [1.82, 2.24) is 0 Å². The number of hydrogen-bond acceptors (Lipinski definition) is 2. The predicted molar refractivity (Wildman–Crippen MR) is 58.2 cm³/mol. The van der Waals surface area contributed by atoms with Crippen LogP contribution in [-0.4, -0.2) is 12.5 Å². The number of amides is 1. The lowest BCUT2D eigenvalue weighted by Gasteiger charge is -2.08. The number of carbonyl (C=O) groups is 1. The zero-order valence-corrected chi connectivity index (χ0v) is 8.14. The van der Waals surface area contributed by atoms with Gasteiger partial charge in [0.1, 0.15) is 6.61 Å². The minimum Gasteiger partial charge on any atom is -0.496 e. The Kier molecular flexibility index (Phi) is 2.83. The number of para-hydroxylation sites is 1. The first-order valence-electron chi connectivity index (χ1n) is 4.71. The molecule has 0 saturated carbocycles. The summed E-state index contributed by atoms with van der Waals surface area (Å²) < 4.78 is 5.03. The van der Waals surface area contributed by atoms with Crippen molar-refractivity contribution in [3.8, 4) is 0 Å². The Balaban J connectivity index is 2.04. The quantitative estimate of drug-likeness (QED) is 0.795. The fourth-order valence-electron chi connectivity index (χ4n) is 1.26. The summed E-state index contributed by atoms with van der Waals surface area (Å²) in [5.41, 5.74) is 1.31. The second-order valence-electron chi connectivity index (χ2n) is 3.13. The van der Waals surface area contributed by atoms with Crippen LogP contribution < -0.4 is 5.32 Å². The van der Waals surface area contributed by atoms with Gasteiger partial charge < -0.3 is 10.1 Å². The summed E-state index contributed by atoms with van der Waals surface area (Å²) in [7, 11) is 0. The van der Waals surface area contributed by atoms with E-state index in [1.54, 1.807) is 12.2 Å². The fraction of sp³-hybridized carbons (Fsp3) is 0.0833. The van der Waals surface area contributed by atoms with Crippen LogP contribution in [0, 0.1) is 0 Å². The van der Waals surface area contributed by atoms with Crippen LogP contribution in [0.4, 0.5) is 5.69 Å². The van der Waals surface area contributed by atoms with Gasteiger partial charge in [0, 0.05) is 5.69 Å². The third-order valence-electron chi connectivity index (χ3n) is 1.99. The van der Waals surface area contributed by atoms with Crippen molar-refractivity contribution < 1.29 is 9.53 Å². The lowest BCUT2D eigenvalue weighted by molar-refractivity contribution is -0.112. The predicted octanol–water partition coefficient (Wildman–Crippen LogP) is 2.10. The molecule has 0 radical (unpaired) electrons. The van der Waals surface area contributed by atoms with Gasteiger partial charge in [-0.2, -0.15) is 0 Å². The van der Waals surface area contributed by atoms with Gasteiger partial charge in [-0.1, -0.05) is 18.2 Å². The molecule has 1 aromatic carbocycles. The number of benzene rings is 1. The van der Waals surface area contributed by atoms with E-state index in [2.05, 4.69) is 5.32 Å². The van der Waals surface area contributed by atoms with Crippen LogP contribution in [-0.2, 0) is 9.53 Å². The van der Waals surface area contributed by atoms with Crippen molar-refractivity contribution in [3.63, 3.8) is 0 Å². The van der Waals surface area contributed by atoms with E-state index in [0.717, 1.165) is 5.69 Å². The number of rotatable bonds is 2. The maximum absolute atomic E-state index is 11.7. The second kappa shape index (κ2) is 4.46. The van der Waals surface area contributed by atoms with Crippen LogP contribution in [0.5, 0.6) is 0 Å². The number of carbonyl (C=O) groups excluding carboxylic acids is 1. The molecule has 0 atom stereocenters. The Morgan fingerprint density at radius 3 is 2.73 bits per heavy atom. The van der Waals surface area contributed by atoms with Crippen LogP contribution >= 0.6 is 0 Å². The molecule has 0 unspecified atom stereocenters. The lowest BCUT2D eigenvalue weighted by Crippen LogP contribution is -2.14. The van der Waals surface area contributed by atoms with Gasteiger partial charge in [0.25, 0.3) is 5.91 Å². The van der Waals surface area contributed by atoms with Crippen molar-refractivity contribution in [3.05, 3.63) is 54.3 Å². The third-order valence-corrected chi connectivity index (χ3v) is 1.99. The number of hydrogen-bond donors (Lipinski definition) is 1. The van der Waals surface area contributed by atoms with E-state index in [1.807, 2.05) is 30.3 Å². The SMILES string of the molecule is O=C(Nc1ccccc1)C1=COCC=C1. The average Bonchev–Trinajstić information content (AvgIpc) is 2.31. The molecular formula is C12H11NO2. The van der Waals surface area contributed by atoms with Gasteiger partial charge in [-0.25, -0.2) is 0 Å². The number of ether oxygens (including phenoxy) is 1. The molecule has 3 heteroatoms. The molecule has 0 aromatic heterocycles. The lowest BCUT2D eigenvalue weighted by atomic mass is 10.2. The fourth-order valence-corrected chi connectivity index (χ4v) is 1.26. The molecule has 0 fully saturated rings. The van der Waals surface area contributed by atoms with E-state index in [-0.39, 0.29) is 5.91 Å². The molecular weight excluding hydrogens is 190 g/mol. The zero-order valence-electron chi connectivity index (χ0n) is 8.14. The first-order valence-corrected chi connectivity index (χ1v) is 4.71. The standard InChI is InChI=1S/C12H11NO2/c14-12(10-5-4-8-15-9-10)13-11-6-2-1-3-7-11/h1-7,9H,8H2,(H,13,14). The normalized spacial score (nSPS) is 14.0. The smallest absolute Gasteiger partial charge is 0.258 e. The van der Waals surface area contributed by atoms with Gasteiger partial charge in [-0.15, -0.1) is 0 Å². The van der Waals surface area contributed by atoms with Crippen molar-refractivity contribution >= 4 is 11.6 Å². The molecule has 76 valence electrons. The minimum atomic E-state index is -0.155. The summed E-state index contributed by atoms with van der Waals surface area (Å²) in [5.74, 6) is -0.155. The molecule has 1 N–H and O–H groups in total. The summed E-state index contributed by atoms with van der Waals surface area (Å²) >= 11 is 0. The molecule has 0 bridgehead atoms. The van der Waals surface area contributed by atoms with Gasteiger partial charge >= 0.3 is 0 Å². The number of nitrogens with one attached hydrogen (secondary N) is 1. The van der Waals surface area contributed by atoms with E-state index >= 15 is 0 Å². The zero-order chi connectivity index (χ0) is 10.5. The molecule has 15 heavy (non-hydrogen) atoms. The minimum absolute atomic E-state index is 0.155. The van der Waals surface area contributed by atoms with Gasteiger partial charge in [0.2, 0.25) is 0 Å². The van der Waals surface area contributed by atoms with E-state index in [9.17, 15) is 4.79 Å². The summed E-state index contributed by atoms with van der Waals surface area (Å²) in [5, 5.41) is 2.77. The van der Waals surface area contributed by atoms with E-state index in [4.69, 9.17) is 4.74 Å². The van der Waals surface area contributed by atoms with Crippen molar-refractivity contribution in [2.45, 2.75) is 0 Å². The average molecular weight is 201 g/mol. The first-order chi connectivity index (χ1) is 7.36. The third kappa shape index (κ3) is 2.47. The van der Waals surface area contributed by atoms with Gasteiger partial charge in [-0.05, 0) is 24.3 Å². The molecule has 1 aromatic rings. The van der Waals surface area contributed by atoms with Crippen LogP contribution in [0.3, 0.4) is 0 Å². The van der Waals surface area contributed by atoms with E-state index in [0.29, 0.717) is 12.2 Å². The van der Waals surface area contributed by atoms with Crippen molar-refractivity contribution in [1.29, 1.82) is 0 Å². The maximum Gasteiger partial charge on any atom is 0.258 e.